The van der Waals surface area contributed by atoms with Crippen LogP contribution in [0, 0.1) is 17.8 Å². The van der Waals surface area contributed by atoms with Gasteiger partial charge in [0.15, 0.2) is 0 Å². The second kappa shape index (κ2) is 5.85. The highest BCUT2D eigenvalue weighted by Gasteiger charge is 2.51. The molecule has 4 aliphatic carbocycles. The van der Waals surface area contributed by atoms with E-state index in [1.54, 1.807) is 0 Å². The Morgan fingerprint density at radius 2 is 1.83 bits per heavy atom. The van der Waals surface area contributed by atoms with Gasteiger partial charge in [0.1, 0.15) is 5.75 Å². The lowest BCUT2D eigenvalue weighted by atomic mass is 9.53. The summed E-state index contributed by atoms with van der Waals surface area (Å²) in [5.74, 6) is 3.42. The Kier molecular flexibility index (Phi) is 3.82. The minimum atomic E-state index is 0.0755. The normalized spacial score (nSPS) is 34.4. The molecule has 0 spiro atoms. The molecule has 0 heterocycles. The van der Waals surface area contributed by atoms with Crippen LogP contribution >= 0.6 is 0 Å². The first-order chi connectivity index (χ1) is 11.2. The molecular formula is C20H27NO2. The number of hydrogen-bond donors (Lipinski definition) is 1. The zero-order valence-corrected chi connectivity index (χ0v) is 14.0. The molecule has 3 nitrogen and oxygen atoms in total. The quantitative estimate of drug-likeness (QED) is 0.886. The summed E-state index contributed by atoms with van der Waals surface area (Å²) in [6.45, 7) is 2.78. The third-order valence-electron chi connectivity index (χ3n) is 5.99. The molecule has 0 aromatic heterocycles. The molecule has 0 unspecified atom stereocenters. The van der Waals surface area contributed by atoms with Crippen LogP contribution in [0.4, 0.5) is 0 Å². The summed E-state index contributed by atoms with van der Waals surface area (Å²) in [6, 6.07) is 7.62. The van der Waals surface area contributed by atoms with Crippen molar-refractivity contribution >= 4 is 5.91 Å². The largest absolute Gasteiger partial charge is 0.494 e. The number of rotatable bonds is 5. The maximum absolute atomic E-state index is 12.8. The van der Waals surface area contributed by atoms with Crippen LogP contribution in [0.15, 0.2) is 24.3 Å². The lowest BCUT2D eigenvalue weighted by molar-refractivity contribution is -0.0167. The molecule has 23 heavy (non-hydrogen) atoms. The molecule has 124 valence electrons. The maximum Gasteiger partial charge on any atom is 0.251 e. The van der Waals surface area contributed by atoms with Crippen LogP contribution in [0.5, 0.6) is 5.75 Å². The van der Waals surface area contributed by atoms with E-state index >= 15 is 0 Å². The van der Waals surface area contributed by atoms with E-state index in [9.17, 15) is 4.79 Å². The van der Waals surface area contributed by atoms with E-state index in [0.717, 1.165) is 35.5 Å². The molecule has 3 heteroatoms. The zero-order chi connectivity index (χ0) is 15.9. The summed E-state index contributed by atoms with van der Waals surface area (Å²) in [6.07, 6.45) is 8.74. The molecule has 1 N–H and O–H groups in total. The molecule has 1 aromatic rings. The lowest BCUT2D eigenvalue weighted by Crippen LogP contribution is -2.59. The fourth-order valence-electron chi connectivity index (χ4n) is 5.52. The van der Waals surface area contributed by atoms with Crippen LogP contribution in [0.3, 0.4) is 0 Å². The Balaban J connectivity index is 1.47. The minimum Gasteiger partial charge on any atom is -0.494 e. The van der Waals surface area contributed by atoms with Crippen molar-refractivity contribution in [1.82, 2.24) is 5.32 Å². The average Bonchev–Trinajstić information content (AvgIpc) is 2.51. The van der Waals surface area contributed by atoms with Crippen molar-refractivity contribution in [3.63, 3.8) is 0 Å². The summed E-state index contributed by atoms with van der Waals surface area (Å²) < 4.78 is 5.66. The second-order valence-electron chi connectivity index (χ2n) is 8.03. The first kappa shape index (κ1) is 15.0. The van der Waals surface area contributed by atoms with Crippen LogP contribution in [-0.2, 0) is 0 Å². The van der Waals surface area contributed by atoms with Crippen LogP contribution in [0.25, 0.3) is 0 Å². The first-order valence-corrected chi connectivity index (χ1v) is 9.21. The summed E-state index contributed by atoms with van der Waals surface area (Å²) >= 11 is 0. The zero-order valence-electron chi connectivity index (χ0n) is 14.0. The third-order valence-corrected chi connectivity index (χ3v) is 5.99. The van der Waals surface area contributed by atoms with Gasteiger partial charge in [0.25, 0.3) is 5.91 Å². The van der Waals surface area contributed by atoms with Crippen molar-refractivity contribution < 1.29 is 9.53 Å². The van der Waals surface area contributed by atoms with Crippen molar-refractivity contribution in [1.29, 1.82) is 0 Å². The van der Waals surface area contributed by atoms with Gasteiger partial charge in [-0.25, -0.2) is 0 Å². The van der Waals surface area contributed by atoms with E-state index in [4.69, 9.17) is 4.74 Å². The Labute approximate surface area is 138 Å². The highest BCUT2D eigenvalue weighted by atomic mass is 16.5. The number of carbonyl (C=O) groups excluding carboxylic acids is 1. The Bertz CT molecular complexity index is 560. The molecule has 4 aliphatic rings. The standard InChI is InChI=1S/C20H27NO2/c1-2-6-23-18-5-3-4-17(10-18)19(22)21-20-11-14-7-15(12-20)9-16(8-14)13-20/h3-5,10,14-16H,2,6-9,11-13H2,1H3,(H,21,22). The number of hydrogen-bond acceptors (Lipinski definition) is 2. The van der Waals surface area contributed by atoms with Gasteiger partial charge < -0.3 is 10.1 Å². The van der Waals surface area contributed by atoms with Crippen molar-refractivity contribution in [3.8, 4) is 5.75 Å². The van der Waals surface area contributed by atoms with Crippen molar-refractivity contribution in [2.45, 2.75) is 57.4 Å². The van der Waals surface area contributed by atoms with E-state index in [1.165, 1.54) is 38.5 Å². The second-order valence-corrected chi connectivity index (χ2v) is 8.03. The molecule has 1 aromatic carbocycles. The minimum absolute atomic E-state index is 0.0755. The van der Waals surface area contributed by atoms with Crippen LogP contribution in [-0.4, -0.2) is 18.1 Å². The number of ether oxygens (including phenoxy) is 1. The Morgan fingerprint density at radius 3 is 2.43 bits per heavy atom. The molecule has 4 bridgehead atoms. The number of nitrogens with one attached hydrogen (secondary N) is 1. The monoisotopic (exact) mass is 313 g/mol. The van der Waals surface area contributed by atoms with Gasteiger partial charge in [0.05, 0.1) is 6.61 Å². The van der Waals surface area contributed by atoms with Crippen molar-refractivity contribution in [2.75, 3.05) is 6.61 Å². The molecule has 0 radical (unpaired) electrons. The topological polar surface area (TPSA) is 38.3 Å². The molecule has 0 saturated heterocycles. The van der Waals surface area contributed by atoms with Gasteiger partial charge in [-0.3, -0.25) is 4.79 Å². The SMILES string of the molecule is CCCOc1cccc(C(=O)NC23CC4CC(CC(C4)C2)C3)c1. The molecule has 0 atom stereocenters. The number of amides is 1. The molecule has 0 aliphatic heterocycles. The van der Waals surface area contributed by atoms with Gasteiger partial charge in [-0.2, -0.15) is 0 Å². The summed E-state index contributed by atoms with van der Waals surface area (Å²) in [4.78, 5) is 12.8. The Hall–Kier alpha value is -1.51. The van der Waals surface area contributed by atoms with E-state index in [1.807, 2.05) is 24.3 Å². The van der Waals surface area contributed by atoms with E-state index < -0.39 is 0 Å². The van der Waals surface area contributed by atoms with Crippen LogP contribution in [0.1, 0.15) is 62.2 Å². The summed E-state index contributed by atoms with van der Waals surface area (Å²) in [5, 5.41) is 3.43. The number of benzene rings is 1. The van der Waals surface area contributed by atoms with E-state index in [-0.39, 0.29) is 11.4 Å². The summed E-state index contributed by atoms with van der Waals surface area (Å²) in [5.41, 5.74) is 0.806. The predicted octanol–water partition coefficient (Wildman–Crippen LogP) is 4.17. The number of carbonyl (C=O) groups is 1. The average molecular weight is 313 g/mol. The lowest BCUT2D eigenvalue weighted by Gasteiger charge is -2.56. The maximum atomic E-state index is 12.8. The van der Waals surface area contributed by atoms with E-state index in [0.29, 0.717) is 6.61 Å². The van der Waals surface area contributed by atoms with Gasteiger partial charge >= 0.3 is 0 Å². The third kappa shape index (κ3) is 2.98. The van der Waals surface area contributed by atoms with Gasteiger partial charge in [-0.05, 0) is 80.9 Å². The smallest absolute Gasteiger partial charge is 0.251 e. The van der Waals surface area contributed by atoms with Crippen LogP contribution in [0.2, 0.25) is 0 Å². The molecule has 1 amide bonds. The fourth-order valence-corrected chi connectivity index (χ4v) is 5.52. The molecule has 4 fully saturated rings. The van der Waals surface area contributed by atoms with Gasteiger partial charge in [-0.1, -0.05) is 13.0 Å². The van der Waals surface area contributed by atoms with Gasteiger partial charge in [0.2, 0.25) is 0 Å². The van der Waals surface area contributed by atoms with Gasteiger partial charge in [-0.15, -0.1) is 0 Å². The molecular weight excluding hydrogens is 286 g/mol. The predicted molar refractivity (Wildman–Crippen MR) is 90.6 cm³/mol. The van der Waals surface area contributed by atoms with Crippen molar-refractivity contribution in [3.05, 3.63) is 29.8 Å². The van der Waals surface area contributed by atoms with E-state index in [2.05, 4.69) is 12.2 Å². The van der Waals surface area contributed by atoms with Crippen LogP contribution < -0.4 is 10.1 Å². The molecule has 5 rings (SSSR count). The first-order valence-electron chi connectivity index (χ1n) is 9.21. The van der Waals surface area contributed by atoms with Gasteiger partial charge in [0, 0.05) is 11.1 Å². The highest BCUT2D eigenvalue weighted by molar-refractivity contribution is 5.95. The van der Waals surface area contributed by atoms with Crippen molar-refractivity contribution in [2.24, 2.45) is 17.8 Å². The Morgan fingerprint density at radius 1 is 1.17 bits per heavy atom. The summed E-state index contributed by atoms with van der Waals surface area (Å²) in [7, 11) is 0. The highest BCUT2D eigenvalue weighted by Crippen LogP contribution is 2.55. The molecule has 4 saturated carbocycles. The fraction of sp³-hybridized carbons (Fsp3) is 0.650.